The van der Waals surface area contributed by atoms with E-state index in [9.17, 15) is 14.7 Å². The third kappa shape index (κ3) is 4.64. The summed E-state index contributed by atoms with van der Waals surface area (Å²) in [6.07, 6.45) is 13.3. The maximum atomic E-state index is 13.4. The molecule has 1 unspecified atom stereocenters. The van der Waals surface area contributed by atoms with Crippen molar-refractivity contribution in [1.29, 1.82) is 0 Å². The molecule has 2 saturated carbocycles. The van der Waals surface area contributed by atoms with E-state index < -0.39 is 5.60 Å². The molecule has 7 heteroatoms. The van der Waals surface area contributed by atoms with Crippen LogP contribution >= 0.6 is 0 Å². The lowest BCUT2D eigenvalue weighted by Crippen LogP contribution is -2.62. The second kappa shape index (κ2) is 10.1. The van der Waals surface area contributed by atoms with Crippen LogP contribution in [0.15, 0.2) is 27.0 Å². The Morgan fingerprint density at radius 3 is 2.50 bits per heavy atom. The predicted octanol–water partition coefficient (Wildman–Crippen LogP) is 4.64. The van der Waals surface area contributed by atoms with Gasteiger partial charge in [0.05, 0.1) is 17.8 Å². The average molecular weight is 469 g/mol. The van der Waals surface area contributed by atoms with Crippen LogP contribution in [0.25, 0.3) is 0 Å². The molecule has 1 saturated heterocycles. The zero-order chi connectivity index (χ0) is 24.3. The molecule has 1 aromatic rings. The van der Waals surface area contributed by atoms with Crippen molar-refractivity contribution in [3.8, 4) is 0 Å². The highest BCUT2D eigenvalue weighted by Gasteiger charge is 2.55. The topological polar surface area (TPSA) is 87.3 Å². The molecule has 2 atom stereocenters. The average Bonchev–Trinajstić information content (AvgIpc) is 3.32. The van der Waals surface area contributed by atoms with E-state index in [1.54, 1.807) is 12.3 Å². The highest BCUT2D eigenvalue weighted by Crippen LogP contribution is 2.52. The minimum Gasteiger partial charge on any atom is -0.387 e. The van der Waals surface area contributed by atoms with Crippen molar-refractivity contribution in [3.05, 3.63) is 22.6 Å². The number of aliphatic imine (C=N–C) groups is 2. The molecule has 1 spiro atoms. The van der Waals surface area contributed by atoms with Crippen LogP contribution in [0.4, 0.5) is 11.4 Å². The Hall–Kier alpha value is -2.28. The first-order valence-corrected chi connectivity index (χ1v) is 13.0. The first-order valence-electron chi connectivity index (χ1n) is 13.0. The van der Waals surface area contributed by atoms with Crippen LogP contribution < -0.4 is 5.56 Å². The van der Waals surface area contributed by atoms with E-state index in [0.717, 1.165) is 32.1 Å². The van der Waals surface area contributed by atoms with Crippen molar-refractivity contribution < 1.29 is 9.90 Å². The molecule has 1 aliphatic heterocycles. The van der Waals surface area contributed by atoms with Crippen molar-refractivity contribution in [3.63, 3.8) is 0 Å². The van der Waals surface area contributed by atoms with Gasteiger partial charge in [-0.05, 0) is 51.1 Å². The van der Waals surface area contributed by atoms with Gasteiger partial charge in [0.25, 0.3) is 5.56 Å². The summed E-state index contributed by atoms with van der Waals surface area (Å²) >= 11 is 0. The normalized spacial score (nSPS) is 25.9. The van der Waals surface area contributed by atoms with Gasteiger partial charge in [-0.3, -0.25) is 19.6 Å². The molecule has 1 N–H and O–H groups in total. The van der Waals surface area contributed by atoms with Gasteiger partial charge in [0.15, 0.2) is 5.69 Å². The van der Waals surface area contributed by atoms with Crippen LogP contribution in [0.1, 0.15) is 77.6 Å². The number of amides is 1. The lowest BCUT2D eigenvalue weighted by atomic mass is 9.65. The van der Waals surface area contributed by atoms with Gasteiger partial charge in [-0.2, -0.15) is 0 Å². The first-order chi connectivity index (χ1) is 16.3. The van der Waals surface area contributed by atoms with Crippen molar-refractivity contribution >= 4 is 30.7 Å². The van der Waals surface area contributed by atoms with Gasteiger partial charge < -0.3 is 14.6 Å². The van der Waals surface area contributed by atoms with Gasteiger partial charge in [-0.15, -0.1) is 0 Å². The first kappa shape index (κ1) is 24.8. The molecule has 1 amide bonds. The maximum Gasteiger partial charge on any atom is 0.278 e. The predicted molar refractivity (Wildman–Crippen MR) is 137 cm³/mol. The highest BCUT2D eigenvalue weighted by molar-refractivity contribution is 5.78. The van der Waals surface area contributed by atoms with Crippen molar-refractivity contribution in [2.75, 3.05) is 13.1 Å². The molecular weight excluding hydrogens is 428 g/mol. The summed E-state index contributed by atoms with van der Waals surface area (Å²) in [5.74, 6) is 0.925. The van der Waals surface area contributed by atoms with E-state index in [0.29, 0.717) is 31.1 Å². The minimum absolute atomic E-state index is 0.0236. The Kier molecular flexibility index (Phi) is 7.41. The molecule has 186 valence electrons. The SMILES string of the molecule is C=Nc1ccn(CC2(O)CCN(C(=O)[C@H](C)CC3CCCCC3)CC23CCCC3)c(=O)c1N=C. The maximum absolute atomic E-state index is 13.4. The number of hydrogen-bond donors (Lipinski definition) is 1. The minimum atomic E-state index is -1.06. The Morgan fingerprint density at radius 1 is 1.15 bits per heavy atom. The van der Waals surface area contributed by atoms with E-state index in [-0.39, 0.29) is 35.0 Å². The van der Waals surface area contributed by atoms with Gasteiger partial charge in [0, 0.05) is 30.6 Å². The molecule has 1 aromatic heterocycles. The summed E-state index contributed by atoms with van der Waals surface area (Å²) in [4.78, 5) is 36.2. The number of aliphatic hydroxyl groups is 1. The van der Waals surface area contributed by atoms with Crippen molar-refractivity contribution in [2.24, 2.45) is 27.2 Å². The number of aromatic nitrogens is 1. The summed E-state index contributed by atoms with van der Waals surface area (Å²) < 4.78 is 1.53. The molecular formula is C27H40N4O3. The fourth-order valence-electron chi connectivity index (χ4n) is 6.86. The smallest absolute Gasteiger partial charge is 0.278 e. The van der Waals surface area contributed by atoms with Crippen molar-refractivity contribution in [2.45, 2.75) is 89.7 Å². The third-order valence-corrected chi connectivity index (χ3v) is 8.86. The molecule has 2 aliphatic carbocycles. The molecule has 0 bridgehead atoms. The van der Waals surface area contributed by atoms with Crippen LogP contribution in [0.2, 0.25) is 0 Å². The van der Waals surface area contributed by atoms with E-state index in [2.05, 4.69) is 30.3 Å². The summed E-state index contributed by atoms with van der Waals surface area (Å²) in [5.41, 5.74) is -1.21. The number of rotatable bonds is 7. The largest absolute Gasteiger partial charge is 0.387 e. The Balaban J connectivity index is 1.52. The van der Waals surface area contributed by atoms with Gasteiger partial charge in [-0.25, -0.2) is 0 Å². The number of carbonyl (C=O) groups excluding carboxylic acids is 1. The summed E-state index contributed by atoms with van der Waals surface area (Å²) in [5, 5.41) is 12.0. The molecule has 34 heavy (non-hydrogen) atoms. The molecule has 2 heterocycles. The monoisotopic (exact) mass is 468 g/mol. The van der Waals surface area contributed by atoms with Crippen LogP contribution in [-0.2, 0) is 11.3 Å². The van der Waals surface area contributed by atoms with Crippen LogP contribution in [0, 0.1) is 17.3 Å². The molecule has 3 aliphatic rings. The standard InChI is InChI=1S/C27H40N4O3/c1-20(17-21-9-5-4-6-10-21)24(32)31-16-14-27(34,26(18-31)12-7-8-13-26)19-30-15-11-22(28-2)23(29-3)25(30)33/h11,15,20-21,34H,2-10,12-14,16-19H2,1H3/t20-,27?/m1/s1. The Labute approximate surface area is 203 Å². The third-order valence-electron chi connectivity index (χ3n) is 8.86. The molecule has 0 aromatic carbocycles. The fourth-order valence-corrected chi connectivity index (χ4v) is 6.86. The summed E-state index contributed by atoms with van der Waals surface area (Å²) in [7, 11) is 0. The van der Waals surface area contributed by atoms with Crippen LogP contribution in [-0.4, -0.2) is 52.6 Å². The molecule has 7 nitrogen and oxygen atoms in total. The van der Waals surface area contributed by atoms with Gasteiger partial charge in [-0.1, -0.05) is 51.9 Å². The number of nitrogens with zero attached hydrogens (tertiary/aromatic N) is 4. The number of likely N-dealkylation sites (tertiary alicyclic amines) is 1. The van der Waals surface area contributed by atoms with Gasteiger partial charge in [0.1, 0.15) is 0 Å². The van der Waals surface area contributed by atoms with Gasteiger partial charge >= 0.3 is 0 Å². The molecule has 4 rings (SSSR count). The molecule has 0 radical (unpaired) electrons. The van der Waals surface area contributed by atoms with E-state index in [1.165, 1.54) is 36.7 Å². The fraction of sp³-hybridized carbons (Fsp3) is 0.704. The lowest BCUT2D eigenvalue weighted by molar-refractivity contribution is -0.163. The van der Waals surface area contributed by atoms with Crippen molar-refractivity contribution in [1.82, 2.24) is 9.47 Å². The van der Waals surface area contributed by atoms with E-state index >= 15 is 0 Å². The lowest BCUT2D eigenvalue weighted by Gasteiger charge is -2.53. The second-order valence-corrected chi connectivity index (χ2v) is 11.0. The Morgan fingerprint density at radius 2 is 1.85 bits per heavy atom. The zero-order valence-corrected chi connectivity index (χ0v) is 20.7. The summed E-state index contributed by atoms with van der Waals surface area (Å²) in [6, 6.07) is 1.69. The number of carbonyl (C=O) groups is 1. The van der Waals surface area contributed by atoms with Gasteiger partial charge in [0.2, 0.25) is 5.91 Å². The Bertz CT molecular complexity index is 975. The zero-order valence-electron chi connectivity index (χ0n) is 20.7. The highest BCUT2D eigenvalue weighted by atomic mass is 16.3. The number of piperidine rings is 1. The summed E-state index contributed by atoms with van der Waals surface area (Å²) in [6.45, 7) is 10.4. The van der Waals surface area contributed by atoms with E-state index in [1.807, 2.05) is 4.90 Å². The number of hydrogen-bond acceptors (Lipinski definition) is 5. The van der Waals surface area contributed by atoms with Crippen LogP contribution in [0.3, 0.4) is 0 Å². The quantitative estimate of drug-likeness (QED) is 0.591. The van der Waals surface area contributed by atoms with E-state index in [4.69, 9.17) is 0 Å². The second-order valence-electron chi connectivity index (χ2n) is 11.0. The number of pyridine rings is 1. The molecule has 3 fully saturated rings. The van der Waals surface area contributed by atoms with Crippen LogP contribution in [0.5, 0.6) is 0 Å².